The molecule has 0 radical (unpaired) electrons. The van der Waals surface area contributed by atoms with Crippen molar-refractivity contribution in [3.8, 4) is 6.07 Å². The Morgan fingerprint density at radius 3 is 2.47 bits per heavy atom. The SMILES string of the molecule is CCC(C#N)(CC)C(=O)NCC1CCCC1C. The third kappa shape index (κ3) is 3.00. The molecule has 1 N–H and O–H groups in total. The van der Waals surface area contributed by atoms with E-state index in [1.165, 1.54) is 19.3 Å². The van der Waals surface area contributed by atoms with Crippen LogP contribution >= 0.6 is 0 Å². The molecule has 0 saturated heterocycles. The first kappa shape index (κ1) is 14.0. The molecule has 0 aromatic carbocycles. The van der Waals surface area contributed by atoms with Crippen molar-refractivity contribution < 1.29 is 4.79 Å². The van der Waals surface area contributed by atoms with Gasteiger partial charge in [0.15, 0.2) is 0 Å². The molecule has 0 heterocycles. The monoisotopic (exact) mass is 236 g/mol. The van der Waals surface area contributed by atoms with Crippen LogP contribution < -0.4 is 5.32 Å². The molecule has 3 nitrogen and oxygen atoms in total. The fraction of sp³-hybridized carbons (Fsp3) is 0.857. The van der Waals surface area contributed by atoms with Gasteiger partial charge in [-0.15, -0.1) is 0 Å². The third-order valence-electron chi connectivity index (χ3n) is 4.42. The largest absolute Gasteiger partial charge is 0.354 e. The van der Waals surface area contributed by atoms with E-state index >= 15 is 0 Å². The quantitative estimate of drug-likeness (QED) is 0.798. The standard InChI is InChI=1S/C14H24N2O/c1-4-14(5-2,10-15)13(17)16-9-12-8-6-7-11(12)3/h11-12H,4-9H2,1-3H3,(H,16,17). The summed E-state index contributed by atoms with van der Waals surface area (Å²) in [5, 5.41) is 12.2. The molecule has 0 spiro atoms. The Morgan fingerprint density at radius 2 is 2.06 bits per heavy atom. The molecule has 0 aromatic heterocycles. The number of nitrogens with one attached hydrogen (secondary N) is 1. The summed E-state index contributed by atoms with van der Waals surface area (Å²) < 4.78 is 0. The summed E-state index contributed by atoms with van der Waals surface area (Å²) in [7, 11) is 0. The second-order valence-corrected chi connectivity index (χ2v) is 5.28. The maximum Gasteiger partial charge on any atom is 0.240 e. The molecule has 0 bridgehead atoms. The lowest BCUT2D eigenvalue weighted by Gasteiger charge is -2.24. The van der Waals surface area contributed by atoms with Gasteiger partial charge in [-0.05, 0) is 31.1 Å². The number of nitrogens with zero attached hydrogens (tertiary/aromatic N) is 1. The molecule has 1 amide bonds. The number of carbonyl (C=O) groups excluding carboxylic acids is 1. The van der Waals surface area contributed by atoms with Crippen molar-refractivity contribution in [3.63, 3.8) is 0 Å². The van der Waals surface area contributed by atoms with E-state index in [0.717, 1.165) is 6.54 Å². The van der Waals surface area contributed by atoms with Crippen LogP contribution in [-0.4, -0.2) is 12.5 Å². The minimum atomic E-state index is -0.818. The molecule has 17 heavy (non-hydrogen) atoms. The summed E-state index contributed by atoms with van der Waals surface area (Å²) in [6.45, 7) is 6.80. The van der Waals surface area contributed by atoms with Gasteiger partial charge in [0.25, 0.3) is 0 Å². The van der Waals surface area contributed by atoms with Crippen molar-refractivity contribution in [1.82, 2.24) is 5.32 Å². The van der Waals surface area contributed by atoms with E-state index in [1.807, 2.05) is 13.8 Å². The Labute approximate surface area is 105 Å². The molecule has 0 aromatic rings. The first-order valence-electron chi connectivity index (χ1n) is 6.79. The highest BCUT2D eigenvalue weighted by atomic mass is 16.2. The minimum Gasteiger partial charge on any atom is -0.354 e. The number of amides is 1. The maximum absolute atomic E-state index is 12.1. The summed E-state index contributed by atoms with van der Waals surface area (Å²) >= 11 is 0. The molecule has 0 aliphatic heterocycles. The number of carbonyl (C=O) groups is 1. The molecule has 1 aliphatic rings. The fourth-order valence-electron chi connectivity index (χ4n) is 2.70. The highest BCUT2D eigenvalue weighted by Gasteiger charge is 2.35. The second kappa shape index (κ2) is 6.05. The normalized spacial score (nSPS) is 24.4. The Kier molecular flexibility index (Phi) is 4.99. The molecule has 2 unspecified atom stereocenters. The molecule has 1 fully saturated rings. The highest BCUT2D eigenvalue weighted by Crippen LogP contribution is 2.31. The van der Waals surface area contributed by atoms with Crippen LogP contribution in [0.15, 0.2) is 0 Å². The van der Waals surface area contributed by atoms with E-state index in [-0.39, 0.29) is 5.91 Å². The van der Waals surface area contributed by atoms with Crippen LogP contribution in [-0.2, 0) is 4.79 Å². The Hall–Kier alpha value is -1.04. The van der Waals surface area contributed by atoms with Crippen molar-refractivity contribution in [1.29, 1.82) is 5.26 Å². The maximum atomic E-state index is 12.1. The van der Waals surface area contributed by atoms with Crippen LogP contribution in [0.25, 0.3) is 0 Å². The lowest BCUT2D eigenvalue weighted by Crippen LogP contribution is -2.41. The van der Waals surface area contributed by atoms with E-state index < -0.39 is 5.41 Å². The predicted octanol–water partition coefficient (Wildman–Crippen LogP) is 2.87. The molecule has 96 valence electrons. The van der Waals surface area contributed by atoms with Crippen LogP contribution in [0.3, 0.4) is 0 Å². The number of nitriles is 1. The second-order valence-electron chi connectivity index (χ2n) is 5.28. The molecular formula is C14H24N2O. The van der Waals surface area contributed by atoms with Gasteiger partial charge in [-0.3, -0.25) is 4.79 Å². The summed E-state index contributed by atoms with van der Waals surface area (Å²) in [6, 6.07) is 2.19. The van der Waals surface area contributed by atoms with Gasteiger partial charge in [0.1, 0.15) is 5.41 Å². The van der Waals surface area contributed by atoms with E-state index in [9.17, 15) is 10.1 Å². The van der Waals surface area contributed by atoms with Gasteiger partial charge >= 0.3 is 0 Å². The van der Waals surface area contributed by atoms with E-state index in [4.69, 9.17) is 0 Å². The average Bonchev–Trinajstić information content (AvgIpc) is 2.75. The molecular weight excluding hydrogens is 212 g/mol. The minimum absolute atomic E-state index is 0.0795. The zero-order valence-corrected chi connectivity index (χ0v) is 11.3. The zero-order chi connectivity index (χ0) is 12.9. The lowest BCUT2D eigenvalue weighted by atomic mass is 9.83. The Morgan fingerprint density at radius 1 is 1.41 bits per heavy atom. The summed E-state index contributed by atoms with van der Waals surface area (Å²) in [5.74, 6) is 1.23. The van der Waals surface area contributed by atoms with Gasteiger partial charge in [-0.1, -0.05) is 33.6 Å². The number of hydrogen-bond acceptors (Lipinski definition) is 2. The molecule has 1 aliphatic carbocycles. The lowest BCUT2D eigenvalue weighted by molar-refractivity contribution is -0.128. The fourth-order valence-corrected chi connectivity index (χ4v) is 2.70. The van der Waals surface area contributed by atoms with Gasteiger partial charge in [-0.25, -0.2) is 0 Å². The number of hydrogen-bond donors (Lipinski definition) is 1. The van der Waals surface area contributed by atoms with E-state index in [2.05, 4.69) is 18.3 Å². The molecule has 2 atom stereocenters. The van der Waals surface area contributed by atoms with Gasteiger partial charge in [0.05, 0.1) is 6.07 Å². The van der Waals surface area contributed by atoms with Crippen molar-refractivity contribution in [2.75, 3.05) is 6.54 Å². The van der Waals surface area contributed by atoms with Gasteiger partial charge in [-0.2, -0.15) is 5.26 Å². The predicted molar refractivity (Wildman–Crippen MR) is 68.1 cm³/mol. The Bertz CT molecular complexity index is 302. The summed E-state index contributed by atoms with van der Waals surface area (Å²) in [5.41, 5.74) is -0.818. The topological polar surface area (TPSA) is 52.9 Å². The van der Waals surface area contributed by atoms with Crippen molar-refractivity contribution in [2.24, 2.45) is 17.3 Å². The smallest absolute Gasteiger partial charge is 0.240 e. The molecule has 1 rings (SSSR count). The number of rotatable bonds is 5. The van der Waals surface area contributed by atoms with Gasteiger partial charge in [0.2, 0.25) is 5.91 Å². The first-order valence-corrected chi connectivity index (χ1v) is 6.79. The van der Waals surface area contributed by atoms with E-state index in [1.54, 1.807) is 0 Å². The Balaban J connectivity index is 2.51. The zero-order valence-electron chi connectivity index (χ0n) is 11.3. The van der Waals surface area contributed by atoms with Crippen molar-refractivity contribution in [2.45, 2.75) is 52.9 Å². The van der Waals surface area contributed by atoms with Gasteiger partial charge in [0, 0.05) is 6.54 Å². The van der Waals surface area contributed by atoms with Gasteiger partial charge < -0.3 is 5.32 Å². The van der Waals surface area contributed by atoms with Crippen molar-refractivity contribution in [3.05, 3.63) is 0 Å². The average molecular weight is 236 g/mol. The highest BCUT2D eigenvalue weighted by molar-refractivity contribution is 5.85. The molecule has 3 heteroatoms. The van der Waals surface area contributed by atoms with Crippen LogP contribution in [0.4, 0.5) is 0 Å². The van der Waals surface area contributed by atoms with Crippen molar-refractivity contribution >= 4 is 5.91 Å². The van der Waals surface area contributed by atoms with Crippen LogP contribution in [0.1, 0.15) is 52.9 Å². The third-order valence-corrected chi connectivity index (χ3v) is 4.42. The van der Waals surface area contributed by atoms with Crippen LogP contribution in [0, 0.1) is 28.6 Å². The van der Waals surface area contributed by atoms with Crippen LogP contribution in [0.2, 0.25) is 0 Å². The summed E-state index contributed by atoms with van der Waals surface area (Å²) in [4.78, 5) is 12.1. The first-order chi connectivity index (χ1) is 8.09. The van der Waals surface area contributed by atoms with E-state index in [0.29, 0.717) is 24.7 Å². The molecule has 1 saturated carbocycles. The van der Waals surface area contributed by atoms with Crippen LogP contribution in [0.5, 0.6) is 0 Å². The summed E-state index contributed by atoms with van der Waals surface area (Å²) in [6.07, 6.45) is 4.93.